The maximum absolute atomic E-state index is 11.6. The highest BCUT2D eigenvalue weighted by Crippen LogP contribution is 2.14. The number of nitrogens with one attached hydrogen (secondary N) is 1. The molecule has 1 rings (SSSR count). The lowest BCUT2D eigenvalue weighted by Crippen LogP contribution is -2.20. The minimum atomic E-state index is -0.584. The van der Waals surface area contributed by atoms with Crippen molar-refractivity contribution in [3.63, 3.8) is 0 Å². The van der Waals surface area contributed by atoms with Gasteiger partial charge in [0.05, 0.1) is 6.61 Å². The van der Waals surface area contributed by atoms with Gasteiger partial charge in [-0.15, -0.1) is 0 Å². The van der Waals surface area contributed by atoms with E-state index in [0.29, 0.717) is 12.2 Å². The van der Waals surface area contributed by atoms with Gasteiger partial charge in [-0.2, -0.15) is 0 Å². The third-order valence-electron chi connectivity index (χ3n) is 2.24. The maximum atomic E-state index is 11.6. The van der Waals surface area contributed by atoms with Crippen LogP contribution in [-0.2, 0) is 19.1 Å². The van der Waals surface area contributed by atoms with Gasteiger partial charge < -0.3 is 19.5 Å². The fourth-order valence-electron chi connectivity index (χ4n) is 1.39. The number of hydrogen-bond acceptors (Lipinski definition) is 5. The van der Waals surface area contributed by atoms with Gasteiger partial charge in [-0.3, -0.25) is 4.79 Å². The van der Waals surface area contributed by atoms with Gasteiger partial charge in [-0.25, -0.2) is 4.79 Å². The van der Waals surface area contributed by atoms with E-state index in [1.165, 1.54) is 13.2 Å². The minimum Gasteiger partial charge on any atom is -0.468 e. The highest BCUT2D eigenvalue weighted by Gasteiger charge is 2.09. The van der Waals surface area contributed by atoms with E-state index in [1.54, 1.807) is 31.2 Å². The quantitative estimate of drug-likeness (QED) is 0.336. The van der Waals surface area contributed by atoms with Crippen molar-refractivity contribution in [1.29, 1.82) is 0 Å². The summed E-state index contributed by atoms with van der Waals surface area (Å²) in [7, 11) is 1.54. The Balaban J connectivity index is 2.82. The number of carbonyl (C=O) groups excluding carboxylic acids is 2. The normalized spacial score (nSPS) is 10.8. The second-order valence-electron chi connectivity index (χ2n) is 3.66. The molecule has 1 N–H and O–H groups in total. The van der Waals surface area contributed by atoms with Crippen LogP contribution in [0.3, 0.4) is 0 Å². The minimum absolute atomic E-state index is 0.0763. The molecule has 1 aromatic rings. The van der Waals surface area contributed by atoms with Crippen LogP contribution >= 0.6 is 0 Å². The van der Waals surface area contributed by atoms with Crippen molar-refractivity contribution in [1.82, 2.24) is 5.32 Å². The van der Waals surface area contributed by atoms with Crippen LogP contribution < -0.4 is 10.1 Å². The molecule has 0 unspecified atom stereocenters. The van der Waals surface area contributed by atoms with Crippen LogP contribution in [-0.4, -0.2) is 32.9 Å². The van der Waals surface area contributed by atoms with Gasteiger partial charge in [0.2, 0.25) is 6.41 Å². The molecule has 0 radical (unpaired) electrons. The number of methoxy groups -OCH3 is 1. The first-order valence-electron chi connectivity index (χ1n) is 6.02. The number of amides is 1. The molecule has 6 nitrogen and oxygen atoms in total. The summed E-state index contributed by atoms with van der Waals surface area (Å²) in [6, 6.07) is 6.95. The van der Waals surface area contributed by atoms with E-state index >= 15 is 0 Å². The molecule has 0 saturated carbocycles. The molecular formula is C14H17NO5. The average molecular weight is 279 g/mol. The van der Waals surface area contributed by atoms with Crippen LogP contribution in [0.5, 0.6) is 5.75 Å². The zero-order valence-electron chi connectivity index (χ0n) is 11.4. The first-order valence-corrected chi connectivity index (χ1v) is 6.02. The van der Waals surface area contributed by atoms with Crippen molar-refractivity contribution < 1.29 is 23.8 Å². The summed E-state index contributed by atoms with van der Waals surface area (Å²) in [6.07, 6.45) is 1.95. The van der Waals surface area contributed by atoms with Crippen molar-refractivity contribution >= 4 is 18.5 Å². The monoisotopic (exact) mass is 279 g/mol. The van der Waals surface area contributed by atoms with E-state index in [4.69, 9.17) is 14.2 Å². The number of benzene rings is 1. The topological polar surface area (TPSA) is 73.9 Å². The molecule has 108 valence electrons. The van der Waals surface area contributed by atoms with Crippen molar-refractivity contribution in [2.45, 2.75) is 6.92 Å². The maximum Gasteiger partial charge on any atom is 0.354 e. The Kier molecular flexibility index (Phi) is 6.84. The fourth-order valence-corrected chi connectivity index (χ4v) is 1.39. The smallest absolute Gasteiger partial charge is 0.354 e. The van der Waals surface area contributed by atoms with Crippen molar-refractivity contribution in [3.8, 4) is 5.75 Å². The van der Waals surface area contributed by atoms with Crippen LogP contribution in [0.15, 0.2) is 30.0 Å². The van der Waals surface area contributed by atoms with Gasteiger partial charge >= 0.3 is 5.97 Å². The zero-order chi connectivity index (χ0) is 14.8. The first-order chi connectivity index (χ1) is 9.71. The zero-order valence-corrected chi connectivity index (χ0v) is 11.4. The fraction of sp³-hybridized carbons (Fsp3) is 0.286. The molecule has 0 atom stereocenters. The predicted molar refractivity (Wildman–Crippen MR) is 72.8 cm³/mol. The number of hydrogen-bond donors (Lipinski definition) is 1. The van der Waals surface area contributed by atoms with E-state index < -0.39 is 5.97 Å². The summed E-state index contributed by atoms with van der Waals surface area (Å²) in [6.45, 7) is 2.09. The van der Waals surface area contributed by atoms with Gasteiger partial charge in [-0.1, -0.05) is 12.1 Å². The van der Waals surface area contributed by atoms with Crippen molar-refractivity contribution in [2.75, 3.05) is 20.5 Å². The molecule has 1 amide bonds. The van der Waals surface area contributed by atoms with Gasteiger partial charge in [0, 0.05) is 7.11 Å². The van der Waals surface area contributed by atoms with Crippen LogP contribution in [0.1, 0.15) is 12.5 Å². The van der Waals surface area contributed by atoms with Gasteiger partial charge in [0.15, 0.2) is 6.79 Å². The SMILES string of the molecule is CCOC(=O)/C(=C/c1ccc(OCOC)cc1)NC=O. The Bertz CT molecular complexity index is 467. The Morgan fingerprint density at radius 2 is 2.00 bits per heavy atom. The molecule has 0 heterocycles. The second-order valence-corrected chi connectivity index (χ2v) is 3.66. The van der Waals surface area contributed by atoms with Gasteiger partial charge in [0.1, 0.15) is 11.4 Å². The third kappa shape index (κ3) is 5.11. The van der Waals surface area contributed by atoms with Gasteiger partial charge in [0.25, 0.3) is 0 Å². The van der Waals surface area contributed by atoms with E-state index in [9.17, 15) is 9.59 Å². The Morgan fingerprint density at radius 1 is 1.30 bits per heavy atom. The summed E-state index contributed by atoms with van der Waals surface area (Å²) >= 11 is 0. The highest BCUT2D eigenvalue weighted by molar-refractivity contribution is 5.95. The lowest BCUT2D eigenvalue weighted by Gasteiger charge is -2.06. The largest absolute Gasteiger partial charge is 0.468 e. The molecule has 0 saturated heterocycles. The lowest BCUT2D eigenvalue weighted by molar-refractivity contribution is -0.139. The van der Waals surface area contributed by atoms with Crippen LogP contribution in [0.4, 0.5) is 0 Å². The summed E-state index contributed by atoms with van der Waals surface area (Å²) in [5.41, 5.74) is 0.805. The summed E-state index contributed by atoms with van der Waals surface area (Å²) in [4.78, 5) is 22.1. The summed E-state index contributed by atoms with van der Waals surface area (Å²) in [5, 5.41) is 2.32. The Hall–Kier alpha value is -2.34. The van der Waals surface area contributed by atoms with Crippen LogP contribution in [0.25, 0.3) is 6.08 Å². The average Bonchev–Trinajstić information content (AvgIpc) is 2.46. The van der Waals surface area contributed by atoms with E-state index in [0.717, 1.165) is 5.56 Å². The molecular weight excluding hydrogens is 262 g/mol. The molecule has 20 heavy (non-hydrogen) atoms. The lowest BCUT2D eigenvalue weighted by atomic mass is 10.2. The van der Waals surface area contributed by atoms with Crippen LogP contribution in [0.2, 0.25) is 0 Å². The van der Waals surface area contributed by atoms with Crippen molar-refractivity contribution in [2.24, 2.45) is 0 Å². The standard InChI is InChI=1S/C14H17NO5/c1-3-19-14(17)13(15-9-16)8-11-4-6-12(7-5-11)20-10-18-2/h4-9H,3,10H2,1-2H3,(H,15,16)/b13-8-. The molecule has 0 aliphatic carbocycles. The van der Waals surface area contributed by atoms with Crippen molar-refractivity contribution in [3.05, 3.63) is 35.5 Å². The summed E-state index contributed by atoms with van der Waals surface area (Å²) < 4.78 is 14.9. The van der Waals surface area contributed by atoms with Gasteiger partial charge in [-0.05, 0) is 30.7 Å². The number of ether oxygens (including phenoxy) is 3. The third-order valence-corrected chi connectivity index (χ3v) is 2.24. The summed E-state index contributed by atoms with van der Waals surface area (Å²) in [5.74, 6) is 0.0596. The molecule has 0 aliphatic heterocycles. The van der Waals surface area contributed by atoms with E-state index in [1.807, 2.05) is 0 Å². The molecule has 0 aromatic heterocycles. The predicted octanol–water partition coefficient (Wildman–Crippen LogP) is 1.32. The number of rotatable bonds is 8. The molecule has 0 bridgehead atoms. The van der Waals surface area contributed by atoms with E-state index in [2.05, 4.69) is 5.32 Å². The number of esters is 1. The Morgan fingerprint density at radius 3 is 2.55 bits per heavy atom. The highest BCUT2D eigenvalue weighted by atomic mass is 16.7. The molecule has 0 spiro atoms. The number of carbonyl (C=O) groups is 2. The first kappa shape index (κ1) is 15.7. The molecule has 6 heteroatoms. The molecule has 1 aromatic carbocycles. The molecule has 0 aliphatic rings. The van der Waals surface area contributed by atoms with E-state index in [-0.39, 0.29) is 19.1 Å². The second kappa shape index (κ2) is 8.71. The Labute approximate surface area is 117 Å². The molecule has 0 fully saturated rings. The van der Waals surface area contributed by atoms with Crippen LogP contribution in [0, 0.1) is 0 Å².